The molecule has 2 aromatic rings. The predicted octanol–water partition coefficient (Wildman–Crippen LogP) is 3.89. The Balaban J connectivity index is 1.33. The van der Waals surface area contributed by atoms with Crippen LogP contribution in [0.3, 0.4) is 0 Å². The minimum absolute atomic E-state index is 0.137. The minimum Gasteiger partial charge on any atom is -0.504 e. The van der Waals surface area contributed by atoms with Crippen LogP contribution >= 0.6 is 0 Å². The van der Waals surface area contributed by atoms with Crippen LogP contribution in [0.25, 0.3) is 0 Å². The molecule has 134 valence electrons. The summed E-state index contributed by atoms with van der Waals surface area (Å²) in [5, 5.41) is 10.3. The van der Waals surface area contributed by atoms with Crippen molar-refractivity contribution in [2.24, 2.45) is 5.92 Å². The van der Waals surface area contributed by atoms with E-state index in [9.17, 15) is 5.11 Å². The number of para-hydroxylation sites is 1. The maximum absolute atomic E-state index is 10.3. The SMILES string of the molecule is Oc1cccc2c1O[C@H]1CN(CCc3ccccc3)C34CC[C@@H]3C[C@@]21C4. The van der Waals surface area contributed by atoms with Crippen molar-refractivity contribution >= 4 is 0 Å². The summed E-state index contributed by atoms with van der Waals surface area (Å²) in [5.74, 6) is 1.87. The molecule has 3 fully saturated rings. The largest absolute Gasteiger partial charge is 0.504 e. The number of hydrogen-bond donors (Lipinski definition) is 1. The van der Waals surface area contributed by atoms with E-state index in [0.717, 1.165) is 31.2 Å². The van der Waals surface area contributed by atoms with E-state index in [4.69, 9.17) is 4.74 Å². The molecule has 0 amide bonds. The number of phenolic OH excluding ortho intramolecular Hbond substituents is 1. The molecular formula is C23H25NO2. The fourth-order valence-corrected chi connectivity index (χ4v) is 6.53. The molecule has 2 saturated carbocycles. The summed E-state index contributed by atoms with van der Waals surface area (Å²) in [7, 11) is 0. The lowest BCUT2D eigenvalue weighted by molar-refractivity contribution is -0.0646. The number of benzene rings is 2. The Bertz CT molecular complexity index is 866. The van der Waals surface area contributed by atoms with Gasteiger partial charge in [0.2, 0.25) is 0 Å². The monoisotopic (exact) mass is 347 g/mol. The van der Waals surface area contributed by atoms with E-state index in [1.165, 1.54) is 36.8 Å². The Morgan fingerprint density at radius 3 is 2.81 bits per heavy atom. The molecule has 1 saturated heterocycles. The average molecular weight is 347 g/mol. The van der Waals surface area contributed by atoms with Gasteiger partial charge >= 0.3 is 0 Å². The molecule has 0 aromatic heterocycles. The fourth-order valence-electron chi connectivity index (χ4n) is 6.53. The fraction of sp³-hybridized carbons (Fsp3) is 0.478. The van der Waals surface area contributed by atoms with Gasteiger partial charge in [-0.1, -0.05) is 42.5 Å². The van der Waals surface area contributed by atoms with Crippen LogP contribution in [0.1, 0.15) is 36.8 Å². The van der Waals surface area contributed by atoms with Crippen LogP contribution in [0.4, 0.5) is 0 Å². The molecule has 2 spiro atoms. The topological polar surface area (TPSA) is 32.7 Å². The lowest BCUT2D eigenvalue weighted by Gasteiger charge is -2.56. The molecule has 2 heterocycles. The number of rotatable bonds is 3. The van der Waals surface area contributed by atoms with Gasteiger partial charge in [0.05, 0.1) is 0 Å². The molecule has 1 N–H and O–H groups in total. The van der Waals surface area contributed by atoms with Crippen LogP contribution in [-0.4, -0.2) is 34.7 Å². The van der Waals surface area contributed by atoms with Crippen molar-refractivity contribution in [2.75, 3.05) is 13.1 Å². The van der Waals surface area contributed by atoms with Crippen molar-refractivity contribution in [1.82, 2.24) is 4.90 Å². The van der Waals surface area contributed by atoms with Crippen molar-refractivity contribution in [2.45, 2.75) is 49.2 Å². The molecule has 26 heavy (non-hydrogen) atoms. The highest BCUT2D eigenvalue weighted by Crippen LogP contribution is 2.68. The van der Waals surface area contributed by atoms with Crippen LogP contribution in [0.5, 0.6) is 11.5 Å². The quantitative estimate of drug-likeness (QED) is 0.914. The zero-order valence-electron chi connectivity index (χ0n) is 15.0. The van der Waals surface area contributed by atoms with Crippen LogP contribution in [0, 0.1) is 5.92 Å². The molecular weight excluding hydrogens is 322 g/mol. The first-order valence-electron chi connectivity index (χ1n) is 9.99. The average Bonchev–Trinajstić information content (AvgIpc) is 3.08. The molecule has 4 atom stereocenters. The number of aromatic hydroxyl groups is 1. The highest BCUT2D eigenvalue weighted by molar-refractivity contribution is 5.55. The van der Waals surface area contributed by atoms with E-state index < -0.39 is 0 Å². The van der Waals surface area contributed by atoms with Crippen LogP contribution < -0.4 is 4.74 Å². The third kappa shape index (κ3) is 1.77. The Morgan fingerprint density at radius 2 is 2.00 bits per heavy atom. The molecule has 0 radical (unpaired) electrons. The summed E-state index contributed by atoms with van der Waals surface area (Å²) in [6.07, 6.45) is 6.42. The van der Waals surface area contributed by atoms with Gasteiger partial charge in [-0.05, 0) is 49.7 Å². The molecule has 6 rings (SSSR count). The Hall–Kier alpha value is -2.00. The van der Waals surface area contributed by atoms with E-state index in [1.54, 1.807) is 6.07 Å². The van der Waals surface area contributed by atoms with E-state index in [-0.39, 0.29) is 11.5 Å². The van der Waals surface area contributed by atoms with E-state index in [1.807, 2.05) is 6.07 Å². The maximum atomic E-state index is 10.3. The summed E-state index contributed by atoms with van der Waals surface area (Å²) in [6, 6.07) is 16.8. The summed E-state index contributed by atoms with van der Waals surface area (Å²) < 4.78 is 6.37. The summed E-state index contributed by atoms with van der Waals surface area (Å²) >= 11 is 0. The molecule has 4 aliphatic rings. The third-order valence-electron chi connectivity index (χ3n) is 7.85. The molecule has 3 heteroatoms. The Kier molecular flexibility index (Phi) is 2.93. The first kappa shape index (κ1) is 15.1. The second kappa shape index (κ2) is 5.04. The molecule has 2 aliphatic heterocycles. The second-order valence-corrected chi connectivity index (χ2v) is 8.82. The van der Waals surface area contributed by atoms with Gasteiger partial charge in [0.1, 0.15) is 6.10 Å². The standard InChI is InChI=1S/C23H25NO2/c25-19-8-4-7-18-21(19)26-20-14-24(12-10-16-5-2-1-3-6-16)23-11-9-17(23)13-22(18,20)15-23/h1-8,17,20,25H,9-15H2/t17-,20+,22-,23?/m1/s1. The Labute approximate surface area is 154 Å². The van der Waals surface area contributed by atoms with E-state index in [0.29, 0.717) is 11.3 Å². The summed E-state index contributed by atoms with van der Waals surface area (Å²) in [5.41, 5.74) is 3.21. The zero-order chi connectivity index (χ0) is 17.4. The predicted molar refractivity (Wildman–Crippen MR) is 101 cm³/mol. The van der Waals surface area contributed by atoms with Gasteiger partial charge in [0.15, 0.2) is 11.5 Å². The van der Waals surface area contributed by atoms with Crippen molar-refractivity contribution in [3.05, 3.63) is 59.7 Å². The summed E-state index contributed by atoms with van der Waals surface area (Å²) in [4.78, 5) is 2.74. The van der Waals surface area contributed by atoms with Crippen molar-refractivity contribution < 1.29 is 9.84 Å². The zero-order valence-corrected chi connectivity index (χ0v) is 15.0. The highest BCUT2D eigenvalue weighted by Gasteiger charge is 2.70. The van der Waals surface area contributed by atoms with Gasteiger partial charge in [-0.25, -0.2) is 0 Å². The van der Waals surface area contributed by atoms with Crippen molar-refractivity contribution in [1.29, 1.82) is 0 Å². The summed E-state index contributed by atoms with van der Waals surface area (Å²) in [6.45, 7) is 2.11. The van der Waals surface area contributed by atoms with Gasteiger partial charge in [0.25, 0.3) is 0 Å². The van der Waals surface area contributed by atoms with Gasteiger partial charge in [-0.3, -0.25) is 4.90 Å². The third-order valence-corrected chi connectivity index (χ3v) is 7.85. The van der Waals surface area contributed by atoms with E-state index >= 15 is 0 Å². The number of hydrogen-bond acceptors (Lipinski definition) is 3. The lowest BCUT2D eigenvalue weighted by atomic mass is 9.65. The number of ether oxygens (including phenoxy) is 1. The maximum Gasteiger partial charge on any atom is 0.165 e. The van der Waals surface area contributed by atoms with Crippen LogP contribution in [0.2, 0.25) is 0 Å². The normalized spacial score (nSPS) is 36.6. The smallest absolute Gasteiger partial charge is 0.165 e. The van der Waals surface area contributed by atoms with Crippen molar-refractivity contribution in [3.8, 4) is 11.5 Å². The van der Waals surface area contributed by atoms with Crippen LogP contribution in [-0.2, 0) is 11.8 Å². The number of likely N-dealkylation sites (tertiary alicyclic amines) is 1. The molecule has 2 bridgehead atoms. The van der Waals surface area contributed by atoms with E-state index in [2.05, 4.69) is 41.3 Å². The van der Waals surface area contributed by atoms with Gasteiger partial charge < -0.3 is 9.84 Å². The molecule has 2 aromatic carbocycles. The first-order valence-corrected chi connectivity index (χ1v) is 9.99. The number of piperidine rings is 1. The molecule has 3 nitrogen and oxygen atoms in total. The number of phenols is 1. The number of fused-ring (bicyclic) bond motifs is 1. The van der Waals surface area contributed by atoms with Gasteiger partial charge in [-0.2, -0.15) is 0 Å². The Morgan fingerprint density at radius 1 is 1.12 bits per heavy atom. The van der Waals surface area contributed by atoms with Crippen molar-refractivity contribution in [3.63, 3.8) is 0 Å². The van der Waals surface area contributed by atoms with Gasteiger partial charge in [-0.15, -0.1) is 0 Å². The van der Waals surface area contributed by atoms with Crippen LogP contribution in [0.15, 0.2) is 48.5 Å². The molecule has 2 aliphatic carbocycles. The first-order chi connectivity index (χ1) is 12.7. The minimum atomic E-state index is 0.137. The number of nitrogens with zero attached hydrogens (tertiary/aromatic N) is 1. The van der Waals surface area contributed by atoms with Gasteiger partial charge in [0, 0.05) is 29.6 Å². The molecule has 1 unspecified atom stereocenters. The second-order valence-electron chi connectivity index (χ2n) is 8.82. The highest BCUT2D eigenvalue weighted by atomic mass is 16.5. The lowest BCUT2D eigenvalue weighted by Crippen LogP contribution is -2.64.